The summed E-state index contributed by atoms with van der Waals surface area (Å²) in [6.07, 6.45) is 4.57. The summed E-state index contributed by atoms with van der Waals surface area (Å²) in [7, 11) is 0. The van der Waals surface area contributed by atoms with E-state index < -0.39 is 0 Å². The second kappa shape index (κ2) is 6.70. The molecule has 3 heterocycles. The Balaban J connectivity index is 1.45. The molecule has 0 unspecified atom stereocenters. The van der Waals surface area contributed by atoms with Crippen LogP contribution < -0.4 is 11.0 Å². The van der Waals surface area contributed by atoms with Gasteiger partial charge in [-0.2, -0.15) is 0 Å². The van der Waals surface area contributed by atoms with Crippen LogP contribution in [0, 0.1) is 0 Å². The van der Waals surface area contributed by atoms with Gasteiger partial charge in [0.2, 0.25) is 5.65 Å². The number of fused-ring (bicyclic) bond motifs is 2. The van der Waals surface area contributed by atoms with Crippen molar-refractivity contribution in [3.05, 3.63) is 83.0 Å². The summed E-state index contributed by atoms with van der Waals surface area (Å²) in [5, 5.41) is 11.2. The molecule has 5 rings (SSSR count). The molecule has 3 aromatic heterocycles. The van der Waals surface area contributed by atoms with Gasteiger partial charge < -0.3 is 10.3 Å². The van der Waals surface area contributed by atoms with Crippen LogP contribution in [0.2, 0.25) is 0 Å². The van der Waals surface area contributed by atoms with E-state index in [0.29, 0.717) is 23.7 Å². The average molecular weight is 370 g/mol. The number of benzene rings is 2. The number of anilines is 1. The lowest BCUT2D eigenvalue weighted by Gasteiger charge is -2.09. The molecule has 2 aromatic carbocycles. The Kier molecular flexibility index (Phi) is 3.90. The molecule has 0 bridgehead atoms. The van der Waals surface area contributed by atoms with Gasteiger partial charge in [-0.15, -0.1) is 5.10 Å². The standard InChI is InChI=1S/C21H18N6O/c28-21-26-25-20-19(24-18(13-27(20)21)14-6-2-1-3-7-14)22-11-10-15-12-23-17-9-5-4-8-16(15)17/h1-9,12-13,23H,10-11H2,(H,22,24)(H,26,28). The summed E-state index contributed by atoms with van der Waals surface area (Å²) in [6, 6.07) is 18.0. The highest BCUT2D eigenvalue weighted by molar-refractivity contribution is 5.83. The maximum atomic E-state index is 12.1. The van der Waals surface area contributed by atoms with E-state index in [4.69, 9.17) is 4.98 Å². The highest BCUT2D eigenvalue weighted by Crippen LogP contribution is 2.21. The predicted molar refractivity (Wildman–Crippen MR) is 110 cm³/mol. The van der Waals surface area contributed by atoms with Gasteiger partial charge in [0.25, 0.3) is 0 Å². The fraction of sp³-hybridized carbons (Fsp3) is 0.0952. The normalized spacial score (nSPS) is 11.3. The number of aromatic nitrogens is 5. The molecule has 138 valence electrons. The van der Waals surface area contributed by atoms with Crippen LogP contribution in [-0.4, -0.2) is 31.1 Å². The van der Waals surface area contributed by atoms with Crippen LogP contribution in [0.1, 0.15) is 5.56 Å². The molecule has 0 fully saturated rings. The molecular formula is C21H18N6O. The minimum absolute atomic E-state index is 0.283. The first kappa shape index (κ1) is 16.3. The van der Waals surface area contributed by atoms with Crippen molar-refractivity contribution >= 4 is 22.4 Å². The topological polar surface area (TPSA) is 90.9 Å². The lowest BCUT2D eigenvalue weighted by molar-refractivity contribution is 0.999. The van der Waals surface area contributed by atoms with Crippen LogP contribution in [0.4, 0.5) is 5.82 Å². The summed E-state index contributed by atoms with van der Waals surface area (Å²) in [5.41, 5.74) is 4.22. The Bertz CT molecular complexity index is 1320. The lowest BCUT2D eigenvalue weighted by atomic mass is 10.1. The van der Waals surface area contributed by atoms with E-state index in [1.807, 2.05) is 48.7 Å². The average Bonchev–Trinajstić information content (AvgIpc) is 3.33. The van der Waals surface area contributed by atoms with Crippen LogP contribution in [0.3, 0.4) is 0 Å². The van der Waals surface area contributed by atoms with Gasteiger partial charge in [0.05, 0.1) is 5.69 Å². The molecule has 0 aliphatic rings. The van der Waals surface area contributed by atoms with Crippen molar-refractivity contribution in [1.29, 1.82) is 0 Å². The molecule has 28 heavy (non-hydrogen) atoms. The van der Waals surface area contributed by atoms with Gasteiger partial charge in [-0.05, 0) is 18.1 Å². The Hall–Kier alpha value is -3.87. The maximum Gasteiger partial charge on any atom is 0.347 e. The molecule has 7 heteroatoms. The predicted octanol–water partition coefficient (Wildman–Crippen LogP) is 3.22. The van der Waals surface area contributed by atoms with Crippen molar-refractivity contribution in [2.45, 2.75) is 6.42 Å². The molecule has 5 aromatic rings. The SMILES string of the molecule is O=c1[nH]nc2c(NCCc3c[nH]c4ccccc34)nc(-c3ccccc3)cn12. The third-order valence-corrected chi connectivity index (χ3v) is 4.83. The van der Waals surface area contributed by atoms with Crippen molar-refractivity contribution in [1.82, 2.24) is 24.6 Å². The first-order valence-electron chi connectivity index (χ1n) is 9.12. The van der Waals surface area contributed by atoms with E-state index in [-0.39, 0.29) is 5.69 Å². The number of rotatable bonds is 5. The zero-order valence-corrected chi connectivity index (χ0v) is 15.0. The smallest absolute Gasteiger partial charge is 0.347 e. The van der Waals surface area contributed by atoms with Gasteiger partial charge in [-0.25, -0.2) is 19.3 Å². The Morgan fingerprint density at radius 1 is 1.04 bits per heavy atom. The van der Waals surface area contributed by atoms with Gasteiger partial charge in [-0.3, -0.25) is 0 Å². The third kappa shape index (κ3) is 2.83. The quantitative estimate of drug-likeness (QED) is 0.443. The monoisotopic (exact) mass is 370 g/mol. The molecule has 0 spiro atoms. The molecule has 7 nitrogen and oxygen atoms in total. The zero-order chi connectivity index (χ0) is 18.9. The van der Waals surface area contributed by atoms with E-state index in [2.05, 4.69) is 32.6 Å². The van der Waals surface area contributed by atoms with Gasteiger partial charge in [0, 0.05) is 35.4 Å². The number of hydrogen-bond acceptors (Lipinski definition) is 4. The van der Waals surface area contributed by atoms with E-state index in [1.165, 1.54) is 15.4 Å². The summed E-state index contributed by atoms with van der Waals surface area (Å²) in [5.74, 6) is 0.583. The molecular weight excluding hydrogens is 352 g/mol. The van der Waals surface area contributed by atoms with Crippen molar-refractivity contribution in [3.8, 4) is 11.3 Å². The molecule has 0 amide bonds. The first-order valence-corrected chi connectivity index (χ1v) is 9.12. The largest absolute Gasteiger partial charge is 0.367 e. The Morgan fingerprint density at radius 2 is 1.86 bits per heavy atom. The van der Waals surface area contributed by atoms with Gasteiger partial charge in [0.1, 0.15) is 0 Å². The molecule has 0 saturated heterocycles. The fourth-order valence-electron chi connectivity index (χ4n) is 3.43. The number of hydrogen-bond donors (Lipinski definition) is 3. The van der Waals surface area contributed by atoms with Gasteiger partial charge >= 0.3 is 5.69 Å². The zero-order valence-electron chi connectivity index (χ0n) is 15.0. The van der Waals surface area contributed by atoms with Crippen LogP contribution in [0.15, 0.2) is 71.8 Å². The van der Waals surface area contributed by atoms with Crippen molar-refractivity contribution < 1.29 is 0 Å². The molecule has 0 aliphatic carbocycles. The van der Waals surface area contributed by atoms with E-state index in [9.17, 15) is 4.79 Å². The number of nitrogens with zero attached hydrogens (tertiary/aromatic N) is 3. The highest BCUT2D eigenvalue weighted by Gasteiger charge is 2.12. The summed E-state index contributed by atoms with van der Waals surface area (Å²) in [4.78, 5) is 20.1. The summed E-state index contributed by atoms with van der Waals surface area (Å²) < 4.78 is 1.49. The fourth-order valence-corrected chi connectivity index (χ4v) is 3.43. The van der Waals surface area contributed by atoms with Crippen molar-refractivity contribution in [3.63, 3.8) is 0 Å². The lowest BCUT2D eigenvalue weighted by Crippen LogP contribution is -2.13. The minimum Gasteiger partial charge on any atom is -0.367 e. The number of para-hydroxylation sites is 1. The van der Waals surface area contributed by atoms with Crippen LogP contribution in [-0.2, 0) is 6.42 Å². The highest BCUT2D eigenvalue weighted by atomic mass is 16.1. The minimum atomic E-state index is -0.283. The summed E-state index contributed by atoms with van der Waals surface area (Å²) in [6.45, 7) is 0.670. The third-order valence-electron chi connectivity index (χ3n) is 4.83. The number of aromatic amines is 2. The Morgan fingerprint density at radius 3 is 2.75 bits per heavy atom. The second-order valence-corrected chi connectivity index (χ2v) is 6.60. The van der Waals surface area contributed by atoms with Crippen LogP contribution in [0.5, 0.6) is 0 Å². The number of H-pyrrole nitrogens is 2. The first-order chi connectivity index (χ1) is 13.8. The van der Waals surface area contributed by atoms with Crippen molar-refractivity contribution in [2.24, 2.45) is 0 Å². The molecule has 0 aliphatic heterocycles. The van der Waals surface area contributed by atoms with Gasteiger partial charge in [-0.1, -0.05) is 48.5 Å². The maximum absolute atomic E-state index is 12.1. The Labute approximate surface area is 160 Å². The summed E-state index contributed by atoms with van der Waals surface area (Å²) >= 11 is 0. The second-order valence-electron chi connectivity index (χ2n) is 6.60. The van der Waals surface area contributed by atoms with Crippen molar-refractivity contribution in [2.75, 3.05) is 11.9 Å². The molecule has 0 atom stereocenters. The van der Waals surface area contributed by atoms with E-state index in [1.54, 1.807) is 6.20 Å². The van der Waals surface area contributed by atoms with E-state index >= 15 is 0 Å². The van der Waals surface area contributed by atoms with E-state index in [0.717, 1.165) is 17.5 Å². The van der Waals surface area contributed by atoms with Crippen LogP contribution in [0.25, 0.3) is 27.8 Å². The number of nitrogens with one attached hydrogen (secondary N) is 3. The molecule has 0 radical (unpaired) electrons. The van der Waals surface area contributed by atoms with Gasteiger partial charge in [0.15, 0.2) is 5.82 Å². The molecule has 3 N–H and O–H groups in total. The van der Waals surface area contributed by atoms with Crippen LogP contribution >= 0.6 is 0 Å². The molecule has 0 saturated carbocycles.